The molecule has 0 spiro atoms. The fourth-order valence-corrected chi connectivity index (χ4v) is 6.05. The zero-order chi connectivity index (χ0) is 35.9. The number of phenolic OH excluding ortho intramolecular Hbond substituents is 1. The van der Waals surface area contributed by atoms with Gasteiger partial charge in [0.15, 0.2) is 11.5 Å². The van der Waals surface area contributed by atoms with Crippen LogP contribution < -0.4 is 24.8 Å². The highest BCUT2D eigenvalue weighted by Gasteiger charge is 2.17. The molecule has 6 aromatic rings. The molecule has 3 N–H and O–H groups in total. The van der Waals surface area contributed by atoms with E-state index in [-0.39, 0.29) is 17.6 Å². The molecule has 264 valence electrons. The average molecular weight is 700 g/mol. The molecule has 7 rings (SSSR count). The topological polar surface area (TPSA) is 144 Å². The largest absolute Gasteiger partial charge is 0.504 e. The number of morpholine rings is 1. The first-order valence-corrected chi connectivity index (χ1v) is 16.9. The first-order chi connectivity index (χ1) is 25.4. The molecule has 2 aromatic heterocycles. The van der Waals surface area contributed by atoms with Gasteiger partial charge in [0.2, 0.25) is 0 Å². The van der Waals surface area contributed by atoms with E-state index in [9.17, 15) is 14.7 Å². The van der Waals surface area contributed by atoms with Crippen LogP contribution in [0, 0.1) is 0 Å². The van der Waals surface area contributed by atoms with Crippen LogP contribution >= 0.6 is 0 Å². The number of aromatic hydroxyl groups is 1. The number of nitrogens with one attached hydrogen (secondary N) is 2. The van der Waals surface area contributed by atoms with Crippen LogP contribution in [0.15, 0.2) is 103 Å². The number of carbonyl (C=O) groups is 2. The summed E-state index contributed by atoms with van der Waals surface area (Å²) in [5, 5.41) is 18.6. The molecule has 3 heterocycles. The quantitative estimate of drug-likeness (QED) is 0.116. The van der Waals surface area contributed by atoms with Crippen molar-refractivity contribution in [2.45, 2.75) is 6.42 Å². The molecule has 12 nitrogen and oxygen atoms in total. The third-order valence-corrected chi connectivity index (χ3v) is 8.70. The Kier molecular flexibility index (Phi) is 10.4. The Labute approximate surface area is 299 Å². The summed E-state index contributed by atoms with van der Waals surface area (Å²) in [6, 6.07) is 25.9. The number of aromatic nitrogens is 2. The van der Waals surface area contributed by atoms with E-state index >= 15 is 0 Å². The molecule has 52 heavy (non-hydrogen) atoms. The number of pyridine rings is 2. The average Bonchev–Trinajstić information content (AvgIpc) is 3.17. The number of anilines is 2. The molecule has 0 bridgehead atoms. The van der Waals surface area contributed by atoms with Gasteiger partial charge in [-0.2, -0.15) is 0 Å². The molecule has 1 saturated heterocycles. The van der Waals surface area contributed by atoms with Gasteiger partial charge >= 0.3 is 0 Å². The Morgan fingerprint density at radius 2 is 1.71 bits per heavy atom. The fourth-order valence-electron chi connectivity index (χ4n) is 6.05. The van der Waals surface area contributed by atoms with Crippen molar-refractivity contribution in [3.63, 3.8) is 0 Å². The van der Waals surface area contributed by atoms with Gasteiger partial charge in [0.25, 0.3) is 11.8 Å². The van der Waals surface area contributed by atoms with Crippen LogP contribution in [0.2, 0.25) is 0 Å². The van der Waals surface area contributed by atoms with Gasteiger partial charge in [-0.15, -0.1) is 0 Å². The molecule has 2 amide bonds. The second kappa shape index (κ2) is 15.8. The normalized spacial score (nSPS) is 13.1. The molecule has 4 aromatic carbocycles. The number of nitrogens with zero attached hydrogens (tertiary/aromatic N) is 3. The van der Waals surface area contributed by atoms with Crippen LogP contribution in [0.1, 0.15) is 27.1 Å². The molecule has 1 aliphatic heterocycles. The lowest BCUT2D eigenvalue weighted by Crippen LogP contribution is -2.37. The monoisotopic (exact) mass is 699 g/mol. The van der Waals surface area contributed by atoms with Crippen molar-refractivity contribution in [3.05, 3.63) is 115 Å². The Morgan fingerprint density at radius 1 is 0.827 bits per heavy atom. The molecule has 0 atom stereocenters. The number of methoxy groups -OCH3 is 1. The number of hydrogen-bond donors (Lipinski definition) is 3. The van der Waals surface area contributed by atoms with E-state index in [4.69, 9.17) is 18.9 Å². The van der Waals surface area contributed by atoms with Gasteiger partial charge in [-0.05, 0) is 83.9 Å². The number of phenols is 1. The number of hydrogen-bond acceptors (Lipinski definition) is 10. The van der Waals surface area contributed by atoms with E-state index in [0.717, 1.165) is 44.7 Å². The summed E-state index contributed by atoms with van der Waals surface area (Å²) in [6.07, 6.45) is 4.06. The summed E-state index contributed by atoms with van der Waals surface area (Å²) >= 11 is 0. The molecule has 1 fully saturated rings. The van der Waals surface area contributed by atoms with Crippen LogP contribution in [-0.2, 0) is 4.74 Å². The highest BCUT2D eigenvalue weighted by atomic mass is 16.5. The summed E-state index contributed by atoms with van der Waals surface area (Å²) in [7, 11) is 1.49. The van der Waals surface area contributed by atoms with Crippen molar-refractivity contribution in [3.8, 4) is 28.7 Å². The van der Waals surface area contributed by atoms with E-state index in [0.29, 0.717) is 68.5 Å². The van der Waals surface area contributed by atoms with Crippen LogP contribution in [0.5, 0.6) is 28.7 Å². The van der Waals surface area contributed by atoms with Crippen molar-refractivity contribution in [2.75, 3.05) is 57.2 Å². The van der Waals surface area contributed by atoms with Crippen molar-refractivity contribution in [1.29, 1.82) is 0 Å². The highest BCUT2D eigenvalue weighted by Crippen LogP contribution is 2.37. The molecule has 0 saturated carbocycles. The van der Waals surface area contributed by atoms with E-state index in [2.05, 4.69) is 25.5 Å². The lowest BCUT2D eigenvalue weighted by Gasteiger charge is -2.26. The summed E-state index contributed by atoms with van der Waals surface area (Å²) in [6.45, 7) is 4.72. The Balaban J connectivity index is 1.05. The van der Waals surface area contributed by atoms with Crippen molar-refractivity contribution < 1.29 is 33.6 Å². The maximum atomic E-state index is 13.6. The van der Waals surface area contributed by atoms with Gasteiger partial charge in [0.05, 0.1) is 38.1 Å². The number of fused-ring (bicyclic) bond motifs is 2. The van der Waals surface area contributed by atoms with Gasteiger partial charge in [0.1, 0.15) is 23.1 Å². The highest BCUT2D eigenvalue weighted by molar-refractivity contribution is 6.14. The minimum atomic E-state index is -0.380. The summed E-state index contributed by atoms with van der Waals surface area (Å²) < 4.78 is 23.1. The van der Waals surface area contributed by atoms with Crippen molar-refractivity contribution in [1.82, 2.24) is 14.9 Å². The molecule has 1 aliphatic rings. The van der Waals surface area contributed by atoms with Crippen molar-refractivity contribution in [2.24, 2.45) is 0 Å². The maximum Gasteiger partial charge on any atom is 0.256 e. The number of ether oxygens (including phenoxy) is 4. The van der Waals surface area contributed by atoms with E-state index in [1.807, 2.05) is 18.2 Å². The van der Waals surface area contributed by atoms with E-state index in [1.54, 1.807) is 85.2 Å². The van der Waals surface area contributed by atoms with Crippen LogP contribution in [0.4, 0.5) is 11.5 Å². The summed E-state index contributed by atoms with van der Waals surface area (Å²) in [5.74, 6) is 1.46. The first kappa shape index (κ1) is 34.2. The number of rotatable bonds is 12. The van der Waals surface area contributed by atoms with Gasteiger partial charge in [-0.3, -0.25) is 19.5 Å². The molecule has 0 aliphatic carbocycles. The van der Waals surface area contributed by atoms with Crippen molar-refractivity contribution >= 4 is 45.0 Å². The smallest absolute Gasteiger partial charge is 0.256 e. The number of amides is 2. The molecular weight excluding hydrogens is 662 g/mol. The third kappa shape index (κ3) is 7.88. The Hall–Kier alpha value is -6.24. The molecule has 0 radical (unpaired) electrons. The van der Waals surface area contributed by atoms with Gasteiger partial charge in [-0.25, -0.2) is 4.98 Å². The zero-order valence-corrected chi connectivity index (χ0v) is 28.5. The second-order valence-electron chi connectivity index (χ2n) is 12.1. The molecular formula is C40H37N5O7. The summed E-state index contributed by atoms with van der Waals surface area (Å²) in [4.78, 5) is 37.5. The first-order valence-electron chi connectivity index (χ1n) is 16.9. The Bertz CT molecular complexity index is 2220. The van der Waals surface area contributed by atoms with E-state index < -0.39 is 0 Å². The Morgan fingerprint density at radius 3 is 2.54 bits per heavy atom. The SMILES string of the molecule is COc1ccc(C(=O)Nc2ccccn2)cc1NC(=O)c1cccc2cc(Oc3ccnc4cc(OCCCN5CCOCC5)c(O)cc34)ccc12. The maximum absolute atomic E-state index is 13.6. The lowest BCUT2D eigenvalue weighted by molar-refractivity contribution is 0.0357. The molecule has 12 heteroatoms. The van der Waals surface area contributed by atoms with Gasteiger partial charge in [-0.1, -0.05) is 18.2 Å². The molecule has 0 unspecified atom stereocenters. The minimum Gasteiger partial charge on any atom is -0.504 e. The zero-order valence-electron chi connectivity index (χ0n) is 28.5. The predicted molar refractivity (Wildman–Crippen MR) is 198 cm³/mol. The van der Waals surface area contributed by atoms with Gasteiger partial charge < -0.3 is 34.7 Å². The van der Waals surface area contributed by atoms with Gasteiger partial charge in [0, 0.05) is 54.6 Å². The third-order valence-electron chi connectivity index (χ3n) is 8.70. The fraction of sp³-hybridized carbons (Fsp3) is 0.200. The number of benzene rings is 4. The minimum absolute atomic E-state index is 0.00175. The van der Waals surface area contributed by atoms with Crippen LogP contribution in [0.25, 0.3) is 21.7 Å². The summed E-state index contributed by atoms with van der Waals surface area (Å²) in [5.41, 5.74) is 1.70. The number of carbonyl (C=O) groups excluding carboxylic acids is 2. The van der Waals surface area contributed by atoms with Crippen LogP contribution in [-0.4, -0.2) is 78.4 Å². The van der Waals surface area contributed by atoms with Crippen LogP contribution in [0.3, 0.4) is 0 Å². The van der Waals surface area contributed by atoms with E-state index in [1.165, 1.54) is 7.11 Å². The second-order valence-corrected chi connectivity index (χ2v) is 12.1. The lowest BCUT2D eigenvalue weighted by atomic mass is 10.0. The predicted octanol–water partition coefficient (Wildman–Crippen LogP) is 6.90. The standard InChI is InChI=1S/C40H37N5O7/c1-49-36-12-9-27(39(47)44-38-8-2-3-14-42-38)23-33(36)43-40(48)30-7-4-6-26-22-28(10-11-29(26)30)52-35-13-15-41-32-25-37(34(46)24-31(32)35)51-19-5-16-45-17-20-50-21-18-45/h2-4,6-15,22-25,46H,5,16-21H2,1H3,(H,43,48)(H,42,44,47).